The van der Waals surface area contributed by atoms with Crippen LogP contribution < -0.4 is 15.5 Å². The molecule has 0 aliphatic heterocycles. The molecule has 2 aromatic carbocycles. The molecule has 0 bridgehead atoms. The quantitative estimate of drug-likeness (QED) is 0.593. The van der Waals surface area contributed by atoms with Crippen LogP contribution in [0.5, 0.6) is 5.75 Å². The molecule has 0 aromatic heterocycles. The van der Waals surface area contributed by atoms with Gasteiger partial charge < -0.3 is 10.1 Å². The average Bonchev–Trinajstić information content (AvgIpc) is 2.59. The summed E-state index contributed by atoms with van der Waals surface area (Å²) in [5.41, 5.74) is 4.68. The van der Waals surface area contributed by atoms with E-state index in [0.29, 0.717) is 5.56 Å². The first kappa shape index (κ1) is 19.2. The van der Waals surface area contributed by atoms with Crippen LogP contribution in [-0.2, 0) is 4.79 Å². The van der Waals surface area contributed by atoms with E-state index in [0.717, 1.165) is 16.9 Å². The summed E-state index contributed by atoms with van der Waals surface area (Å²) in [4.78, 5) is 23.8. The van der Waals surface area contributed by atoms with Crippen molar-refractivity contribution >= 4 is 18.0 Å². The molecule has 2 amide bonds. The van der Waals surface area contributed by atoms with E-state index in [1.165, 1.54) is 6.21 Å². The van der Waals surface area contributed by atoms with Gasteiger partial charge in [-0.05, 0) is 50.6 Å². The van der Waals surface area contributed by atoms with E-state index < -0.39 is 5.91 Å². The zero-order valence-electron chi connectivity index (χ0n) is 15.2. The Morgan fingerprint density at radius 2 is 1.92 bits per heavy atom. The maximum atomic E-state index is 12.0. The Kier molecular flexibility index (Phi) is 6.91. The summed E-state index contributed by atoms with van der Waals surface area (Å²) in [6.07, 6.45) is 1.60. The fourth-order valence-electron chi connectivity index (χ4n) is 2.21. The van der Waals surface area contributed by atoms with Crippen LogP contribution >= 0.6 is 0 Å². The lowest BCUT2D eigenvalue weighted by molar-refractivity contribution is -0.120. The van der Waals surface area contributed by atoms with Crippen LogP contribution in [0.2, 0.25) is 0 Å². The fraction of sp³-hybridized carbons (Fsp3) is 0.250. The van der Waals surface area contributed by atoms with Crippen molar-refractivity contribution in [3.05, 3.63) is 65.2 Å². The maximum Gasteiger partial charge on any atom is 0.259 e. The van der Waals surface area contributed by atoms with Crippen LogP contribution in [0.4, 0.5) is 0 Å². The van der Waals surface area contributed by atoms with Gasteiger partial charge >= 0.3 is 0 Å². The molecular formula is C20H23N3O3. The maximum absolute atomic E-state index is 12.0. The number of rotatable bonds is 7. The van der Waals surface area contributed by atoms with Gasteiger partial charge in [0.25, 0.3) is 11.8 Å². The van der Waals surface area contributed by atoms with Gasteiger partial charge in [0.15, 0.2) is 0 Å². The summed E-state index contributed by atoms with van der Waals surface area (Å²) in [5.74, 6) is 0.0314. The first-order valence-corrected chi connectivity index (χ1v) is 8.37. The Balaban J connectivity index is 1.81. The van der Waals surface area contributed by atoms with Crippen LogP contribution in [0.15, 0.2) is 53.6 Å². The largest absolute Gasteiger partial charge is 0.491 e. The van der Waals surface area contributed by atoms with Crippen molar-refractivity contribution in [2.24, 2.45) is 5.10 Å². The Labute approximate surface area is 153 Å². The minimum absolute atomic E-state index is 0.0823. The third-order valence-electron chi connectivity index (χ3n) is 3.32. The number of ether oxygens (including phenoxy) is 1. The summed E-state index contributed by atoms with van der Waals surface area (Å²) in [6.45, 7) is 5.65. The molecule has 136 valence electrons. The van der Waals surface area contributed by atoms with Crippen molar-refractivity contribution in [2.75, 3.05) is 6.54 Å². The molecule has 0 aliphatic carbocycles. The number of carbonyl (C=O) groups is 2. The SMILES string of the molecule is Cc1cccc(C(=O)NCC(=O)N/N=C\c2cccc(OC(C)C)c2)c1. The van der Waals surface area contributed by atoms with Crippen molar-refractivity contribution in [3.8, 4) is 5.75 Å². The second-order valence-corrected chi connectivity index (χ2v) is 6.08. The first-order chi connectivity index (χ1) is 12.4. The van der Waals surface area contributed by atoms with Crippen molar-refractivity contribution in [3.63, 3.8) is 0 Å². The minimum atomic E-state index is -0.406. The van der Waals surface area contributed by atoms with E-state index in [-0.39, 0.29) is 18.6 Å². The number of amides is 2. The average molecular weight is 353 g/mol. The third kappa shape index (κ3) is 6.39. The van der Waals surface area contributed by atoms with Gasteiger partial charge in [0.2, 0.25) is 0 Å². The highest BCUT2D eigenvalue weighted by atomic mass is 16.5. The van der Waals surface area contributed by atoms with Crippen molar-refractivity contribution in [1.29, 1.82) is 0 Å². The summed E-state index contributed by atoms with van der Waals surface area (Å²) in [7, 11) is 0. The summed E-state index contributed by atoms with van der Waals surface area (Å²) in [6, 6.07) is 14.5. The number of aryl methyl sites for hydroxylation is 1. The van der Waals surface area contributed by atoms with Crippen molar-refractivity contribution in [2.45, 2.75) is 26.9 Å². The van der Waals surface area contributed by atoms with Crippen molar-refractivity contribution in [1.82, 2.24) is 10.7 Å². The summed E-state index contributed by atoms with van der Waals surface area (Å²) in [5, 5.41) is 6.46. The van der Waals surface area contributed by atoms with Gasteiger partial charge in [0, 0.05) is 5.56 Å². The highest BCUT2D eigenvalue weighted by Gasteiger charge is 2.07. The summed E-state index contributed by atoms with van der Waals surface area (Å²) >= 11 is 0. The van der Waals surface area contributed by atoms with E-state index in [1.54, 1.807) is 18.2 Å². The van der Waals surface area contributed by atoms with E-state index in [2.05, 4.69) is 15.8 Å². The lowest BCUT2D eigenvalue weighted by atomic mass is 10.1. The van der Waals surface area contributed by atoms with Gasteiger partial charge in [-0.15, -0.1) is 0 Å². The smallest absolute Gasteiger partial charge is 0.259 e. The highest BCUT2D eigenvalue weighted by Crippen LogP contribution is 2.13. The molecule has 2 rings (SSSR count). The molecule has 2 N–H and O–H groups in total. The second-order valence-electron chi connectivity index (χ2n) is 6.08. The molecule has 0 fully saturated rings. The fourth-order valence-corrected chi connectivity index (χ4v) is 2.21. The van der Waals surface area contributed by atoms with Crippen LogP contribution in [0.25, 0.3) is 0 Å². The molecule has 0 unspecified atom stereocenters. The van der Waals surface area contributed by atoms with Gasteiger partial charge in [-0.1, -0.05) is 29.8 Å². The Bertz CT molecular complexity index is 800. The Morgan fingerprint density at radius 1 is 1.15 bits per heavy atom. The van der Waals surface area contributed by atoms with Crippen LogP contribution in [-0.4, -0.2) is 30.7 Å². The molecule has 0 saturated carbocycles. The zero-order chi connectivity index (χ0) is 18.9. The molecule has 2 aromatic rings. The predicted octanol–water partition coefficient (Wildman–Crippen LogP) is 2.66. The van der Waals surface area contributed by atoms with Gasteiger partial charge in [-0.2, -0.15) is 5.10 Å². The molecule has 0 atom stereocenters. The molecule has 0 heterocycles. The number of nitrogens with zero attached hydrogens (tertiary/aromatic N) is 1. The van der Waals surface area contributed by atoms with Gasteiger partial charge in [0.1, 0.15) is 5.75 Å². The number of carbonyl (C=O) groups excluding carboxylic acids is 2. The van der Waals surface area contributed by atoms with E-state index in [4.69, 9.17) is 4.74 Å². The van der Waals surface area contributed by atoms with E-state index in [9.17, 15) is 9.59 Å². The molecule has 0 saturated heterocycles. The number of hydrogen-bond donors (Lipinski definition) is 2. The third-order valence-corrected chi connectivity index (χ3v) is 3.32. The lowest BCUT2D eigenvalue weighted by Crippen LogP contribution is -2.34. The normalized spacial score (nSPS) is 10.8. The molecule has 0 spiro atoms. The van der Waals surface area contributed by atoms with Crippen molar-refractivity contribution < 1.29 is 14.3 Å². The lowest BCUT2D eigenvalue weighted by Gasteiger charge is -2.09. The highest BCUT2D eigenvalue weighted by molar-refractivity contribution is 5.96. The Morgan fingerprint density at radius 3 is 2.65 bits per heavy atom. The molecule has 0 aliphatic rings. The number of benzene rings is 2. The molecule has 0 radical (unpaired) electrons. The van der Waals surface area contributed by atoms with E-state index >= 15 is 0 Å². The Hall–Kier alpha value is -3.15. The summed E-state index contributed by atoms with van der Waals surface area (Å²) < 4.78 is 5.60. The molecule has 26 heavy (non-hydrogen) atoms. The number of nitrogens with one attached hydrogen (secondary N) is 2. The molecular weight excluding hydrogens is 330 g/mol. The van der Waals surface area contributed by atoms with Gasteiger partial charge in [0.05, 0.1) is 18.9 Å². The van der Waals surface area contributed by atoms with E-state index in [1.807, 2.05) is 51.1 Å². The second kappa shape index (κ2) is 9.36. The minimum Gasteiger partial charge on any atom is -0.491 e. The van der Waals surface area contributed by atoms with Gasteiger partial charge in [-0.3, -0.25) is 9.59 Å². The molecule has 6 heteroatoms. The van der Waals surface area contributed by atoms with Crippen LogP contribution in [0.1, 0.15) is 35.3 Å². The monoisotopic (exact) mass is 353 g/mol. The number of hydrazone groups is 1. The van der Waals surface area contributed by atoms with Crippen LogP contribution in [0, 0.1) is 6.92 Å². The molecule has 6 nitrogen and oxygen atoms in total. The van der Waals surface area contributed by atoms with Crippen LogP contribution in [0.3, 0.4) is 0 Å². The first-order valence-electron chi connectivity index (χ1n) is 8.37. The predicted molar refractivity (Wildman–Crippen MR) is 101 cm³/mol. The number of hydrogen-bond acceptors (Lipinski definition) is 4. The standard InChI is InChI=1S/C20H23N3O3/c1-14(2)26-18-9-5-7-16(11-18)12-22-23-19(24)13-21-20(25)17-8-4-6-15(3)10-17/h4-12,14H,13H2,1-3H3,(H,21,25)(H,23,24)/b22-12-. The van der Waals surface area contributed by atoms with Gasteiger partial charge in [-0.25, -0.2) is 5.43 Å². The zero-order valence-corrected chi connectivity index (χ0v) is 15.2. The topological polar surface area (TPSA) is 79.8 Å².